The monoisotopic (exact) mass is 907 g/mol. The van der Waals surface area contributed by atoms with Crippen molar-refractivity contribution in [3.63, 3.8) is 0 Å². The molecule has 0 aliphatic heterocycles. The Morgan fingerprint density at radius 2 is 0.371 bits per heavy atom. The van der Waals surface area contributed by atoms with Crippen LogP contribution in [-0.4, -0.2) is 0 Å². The molecule has 0 saturated carbocycles. The van der Waals surface area contributed by atoms with Crippen LogP contribution in [-0.2, 0) is 21.7 Å². The molecule has 346 valence electrons. The molecule has 11 aliphatic carbocycles. The smallest absolute Gasteiger partial charge is 0.00264 e. The Morgan fingerprint density at radius 3 is 0.571 bits per heavy atom. The number of fused-ring (bicyclic) bond motifs is 1. The molecule has 70 heavy (non-hydrogen) atoms. The zero-order valence-electron chi connectivity index (χ0n) is 43.3. The second kappa shape index (κ2) is 16.3. The SMILES string of the molecule is CC(C)(C)c1cc(-c2cc3c4c(c2)c2ccc(cc2)c2ccc(cc2)c2cc(-c5cc(C(C)(C)C)cc(C(C)(C)C)c5)cc(c2-c2ccc-4cc2)c2ccc(cc2)c2ccc3cc2)cc(C(C)(C)C)c1. The lowest BCUT2D eigenvalue weighted by Gasteiger charge is -2.26. The van der Waals surface area contributed by atoms with E-state index in [1.54, 1.807) is 0 Å². The van der Waals surface area contributed by atoms with E-state index in [1.165, 1.54) is 131 Å². The van der Waals surface area contributed by atoms with Crippen LogP contribution >= 0.6 is 0 Å². The molecule has 0 nitrogen and oxygen atoms in total. The minimum atomic E-state index is -0.0102. The molecule has 12 bridgehead atoms. The van der Waals surface area contributed by atoms with Gasteiger partial charge in [0.05, 0.1) is 0 Å². The summed E-state index contributed by atoms with van der Waals surface area (Å²) >= 11 is 0. The summed E-state index contributed by atoms with van der Waals surface area (Å²) in [6.45, 7) is 28.0. The van der Waals surface area contributed by atoms with E-state index in [1.807, 2.05) is 0 Å². The van der Waals surface area contributed by atoms with E-state index in [4.69, 9.17) is 0 Å². The van der Waals surface area contributed by atoms with Crippen molar-refractivity contribution in [3.8, 4) is 44.5 Å². The molecule has 0 heterocycles. The van der Waals surface area contributed by atoms with Gasteiger partial charge in [-0.3, -0.25) is 0 Å². The molecule has 0 radical (unpaired) electrons. The first kappa shape index (κ1) is 45.4. The van der Waals surface area contributed by atoms with Crippen molar-refractivity contribution in [1.82, 2.24) is 0 Å². The number of hydrogen-bond donors (Lipinski definition) is 0. The first-order valence-corrected chi connectivity index (χ1v) is 25.4. The van der Waals surface area contributed by atoms with Crippen molar-refractivity contribution >= 4 is 64.6 Å². The largest absolute Gasteiger partial charge is 0.0561 e. The van der Waals surface area contributed by atoms with Gasteiger partial charge in [0.25, 0.3) is 0 Å². The molecule has 0 N–H and O–H groups in total. The molecule has 0 aromatic heterocycles. The van der Waals surface area contributed by atoms with E-state index in [0.717, 1.165) is 0 Å². The van der Waals surface area contributed by atoms with Crippen LogP contribution in [0.1, 0.15) is 105 Å². The van der Waals surface area contributed by atoms with Crippen LogP contribution in [0, 0.1) is 0 Å². The molecule has 0 fully saturated rings. The van der Waals surface area contributed by atoms with Crippen molar-refractivity contribution in [2.75, 3.05) is 0 Å². The lowest BCUT2D eigenvalue weighted by atomic mass is 9.78. The fourth-order valence-electron chi connectivity index (χ4n) is 10.6. The second-order valence-corrected chi connectivity index (χ2v) is 24.4. The van der Waals surface area contributed by atoms with Crippen molar-refractivity contribution in [1.29, 1.82) is 0 Å². The molecule has 0 amide bonds. The lowest BCUT2D eigenvalue weighted by Crippen LogP contribution is -2.16. The molecule has 0 heteroatoms. The fourth-order valence-corrected chi connectivity index (χ4v) is 10.6. The van der Waals surface area contributed by atoms with Gasteiger partial charge < -0.3 is 0 Å². The molecule has 0 atom stereocenters. The maximum Gasteiger partial charge on any atom is -0.00264 e. The van der Waals surface area contributed by atoms with E-state index in [-0.39, 0.29) is 21.7 Å². The maximum absolute atomic E-state index is 2.47. The number of benzene rings is 9. The van der Waals surface area contributed by atoms with E-state index >= 15 is 0 Å². The molecular weight excluding hydrogens is 841 g/mol. The molecule has 0 spiro atoms. The van der Waals surface area contributed by atoms with Crippen LogP contribution in [0.5, 0.6) is 0 Å². The average molecular weight is 907 g/mol. The second-order valence-electron chi connectivity index (χ2n) is 24.4. The Labute approximate surface area is 416 Å². The van der Waals surface area contributed by atoms with Gasteiger partial charge in [0.15, 0.2) is 0 Å². The van der Waals surface area contributed by atoms with Gasteiger partial charge in [-0.1, -0.05) is 241 Å². The van der Waals surface area contributed by atoms with Crippen LogP contribution in [0.15, 0.2) is 182 Å². The summed E-state index contributed by atoms with van der Waals surface area (Å²) in [4.78, 5) is 0. The Bertz CT molecular complexity index is 3330. The third-order valence-corrected chi connectivity index (χ3v) is 15.2. The van der Waals surface area contributed by atoms with E-state index < -0.39 is 0 Å². The Hall–Kier alpha value is -7.02. The van der Waals surface area contributed by atoms with Gasteiger partial charge in [-0.05, 0) is 177 Å². The summed E-state index contributed by atoms with van der Waals surface area (Å²) in [6.07, 6.45) is 0. The molecule has 0 unspecified atom stereocenters. The molecule has 11 aliphatic rings. The predicted octanol–water partition coefficient (Wildman–Crippen LogP) is 20.5. The van der Waals surface area contributed by atoms with Gasteiger partial charge in [0, 0.05) is 0 Å². The van der Waals surface area contributed by atoms with Crippen LogP contribution in [0.25, 0.3) is 109 Å². The first-order chi connectivity index (χ1) is 33.2. The standard InChI is InChI=1S/C70H66/c1-67(2,3)57-33-53(34-58(41-57)68(4,5)6)55-37-61-47-21-13-43(14-22-47)45-17-25-49(26-18-45)63-39-56(54-35-59(69(7,8)9)42-60(36-54)70(10,11)12)40-64-50-27-19-46(20-28-50)44-15-23-48(24-16-44)62(38-55)65(61)51-29-31-52(32-30-51)66(63)64/h13-42H,1-12H3. The fraction of sp³-hybridized carbons (Fsp3) is 0.229. The van der Waals surface area contributed by atoms with Gasteiger partial charge in [-0.25, -0.2) is 0 Å². The van der Waals surface area contributed by atoms with Gasteiger partial charge in [-0.15, -0.1) is 0 Å². The van der Waals surface area contributed by atoms with Crippen molar-refractivity contribution < 1.29 is 0 Å². The zero-order chi connectivity index (χ0) is 49.1. The van der Waals surface area contributed by atoms with Crippen LogP contribution in [0.4, 0.5) is 0 Å². The minimum absolute atomic E-state index is 0.0102. The highest BCUT2D eigenvalue weighted by Crippen LogP contribution is 2.45. The number of rotatable bonds is 2. The maximum atomic E-state index is 2.47. The Balaban J connectivity index is 1.31. The summed E-state index contributed by atoms with van der Waals surface area (Å²) < 4.78 is 0. The van der Waals surface area contributed by atoms with Crippen molar-refractivity contribution in [2.45, 2.75) is 105 Å². The average Bonchev–Trinajstić information content (AvgIpc) is 3.34. The third kappa shape index (κ3) is 8.26. The highest BCUT2D eigenvalue weighted by atomic mass is 14.3. The van der Waals surface area contributed by atoms with Crippen molar-refractivity contribution in [3.05, 3.63) is 204 Å². The van der Waals surface area contributed by atoms with E-state index in [2.05, 4.69) is 265 Å². The third-order valence-electron chi connectivity index (χ3n) is 15.2. The molecule has 9 aromatic rings. The summed E-state index contributed by atoms with van der Waals surface area (Å²) in [7, 11) is 0. The molecular formula is C70H66. The van der Waals surface area contributed by atoms with E-state index in [0.29, 0.717) is 0 Å². The van der Waals surface area contributed by atoms with E-state index in [9.17, 15) is 0 Å². The molecule has 9 aromatic carbocycles. The van der Waals surface area contributed by atoms with Gasteiger partial charge in [-0.2, -0.15) is 0 Å². The Morgan fingerprint density at radius 1 is 0.186 bits per heavy atom. The topological polar surface area (TPSA) is 0 Å². The normalized spacial score (nSPS) is 12.9. The van der Waals surface area contributed by atoms with Gasteiger partial charge >= 0.3 is 0 Å². The summed E-state index contributed by atoms with van der Waals surface area (Å²) in [5, 5.41) is 14.5. The molecule has 20 rings (SSSR count). The van der Waals surface area contributed by atoms with Crippen LogP contribution < -0.4 is 0 Å². The quantitative estimate of drug-likeness (QED) is 0.162. The summed E-state index contributed by atoms with van der Waals surface area (Å²) in [5.74, 6) is 0. The number of hydrogen-bond acceptors (Lipinski definition) is 0. The van der Waals surface area contributed by atoms with Gasteiger partial charge in [0.2, 0.25) is 0 Å². The lowest BCUT2D eigenvalue weighted by molar-refractivity contribution is 0.568. The van der Waals surface area contributed by atoms with Crippen LogP contribution in [0.2, 0.25) is 0 Å². The molecule has 0 saturated heterocycles. The summed E-state index contributed by atoms with van der Waals surface area (Å²) in [5.41, 5.74) is 15.2. The zero-order valence-corrected chi connectivity index (χ0v) is 43.3. The highest BCUT2D eigenvalue weighted by Gasteiger charge is 2.24. The highest BCUT2D eigenvalue weighted by molar-refractivity contribution is 6.14. The Kier molecular flexibility index (Phi) is 10.6. The van der Waals surface area contributed by atoms with Crippen molar-refractivity contribution in [2.24, 2.45) is 0 Å². The van der Waals surface area contributed by atoms with Crippen LogP contribution in [0.3, 0.4) is 0 Å². The first-order valence-electron chi connectivity index (χ1n) is 25.4. The minimum Gasteiger partial charge on any atom is -0.0561 e. The summed E-state index contributed by atoms with van der Waals surface area (Å²) in [6, 6.07) is 71.3. The predicted molar refractivity (Wildman–Crippen MR) is 308 cm³/mol. The van der Waals surface area contributed by atoms with Gasteiger partial charge in [0.1, 0.15) is 0 Å².